The van der Waals surface area contributed by atoms with E-state index in [1.165, 1.54) is 39.0 Å². The molecule has 4 heteroatoms. The van der Waals surface area contributed by atoms with Crippen molar-refractivity contribution in [1.29, 1.82) is 0 Å². The first kappa shape index (κ1) is 14.3. The van der Waals surface area contributed by atoms with Crippen LogP contribution in [0.4, 0.5) is 0 Å². The first-order valence-electron chi connectivity index (χ1n) is 5.47. The van der Waals surface area contributed by atoms with Crippen molar-refractivity contribution >= 4 is 7.28 Å². The van der Waals surface area contributed by atoms with Crippen LogP contribution in [0.25, 0.3) is 0 Å². The summed E-state index contributed by atoms with van der Waals surface area (Å²) in [5, 5.41) is 0. The van der Waals surface area contributed by atoms with Gasteiger partial charge in [-0.15, -0.1) is 0 Å². The van der Waals surface area contributed by atoms with Crippen LogP contribution in [-0.2, 0) is 4.52 Å². The molecule has 88 valence electrons. The van der Waals surface area contributed by atoms with Gasteiger partial charge in [-0.2, -0.15) is 0 Å². The fraction of sp³-hybridized carbons (Fsp3) is 1.00. The third kappa shape index (κ3) is 12.3. The SMILES string of the molecule is CCCCCCCCOP(C)(C)(O)O. The van der Waals surface area contributed by atoms with Crippen LogP contribution in [0.15, 0.2) is 0 Å². The Bertz CT molecular complexity index is 142. The Morgan fingerprint density at radius 3 is 1.93 bits per heavy atom. The molecule has 0 unspecified atom stereocenters. The second-order valence-electron chi connectivity index (χ2n) is 4.47. The molecule has 0 aliphatic rings. The average Bonchev–Trinajstić information content (AvgIpc) is 2.00. The van der Waals surface area contributed by atoms with Crippen molar-refractivity contribution in [3.05, 3.63) is 0 Å². The van der Waals surface area contributed by atoms with E-state index in [2.05, 4.69) is 6.92 Å². The Balaban J connectivity index is 3.23. The van der Waals surface area contributed by atoms with E-state index in [1.54, 1.807) is 0 Å². The van der Waals surface area contributed by atoms with Crippen LogP contribution in [0.3, 0.4) is 0 Å². The summed E-state index contributed by atoms with van der Waals surface area (Å²) >= 11 is 0. The van der Waals surface area contributed by atoms with Crippen molar-refractivity contribution in [2.45, 2.75) is 45.4 Å². The van der Waals surface area contributed by atoms with Gasteiger partial charge in [0.25, 0.3) is 0 Å². The van der Waals surface area contributed by atoms with Crippen molar-refractivity contribution in [2.24, 2.45) is 0 Å². The van der Waals surface area contributed by atoms with Crippen molar-refractivity contribution < 1.29 is 14.3 Å². The third-order valence-corrected chi connectivity index (χ3v) is 2.89. The minimum atomic E-state index is -3.69. The summed E-state index contributed by atoms with van der Waals surface area (Å²) < 4.78 is 5.07. The van der Waals surface area contributed by atoms with E-state index < -0.39 is 7.28 Å². The summed E-state index contributed by atoms with van der Waals surface area (Å²) in [7, 11) is -3.69. The Hall–Kier alpha value is 0.310. The van der Waals surface area contributed by atoms with Gasteiger partial charge in [0.1, 0.15) is 0 Å². The van der Waals surface area contributed by atoms with Gasteiger partial charge in [0.2, 0.25) is 0 Å². The van der Waals surface area contributed by atoms with Crippen LogP contribution in [0, 0.1) is 0 Å². The average molecular weight is 224 g/mol. The molecule has 0 heterocycles. The molecule has 2 N–H and O–H groups in total. The number of hydrogen-bond acceptors (Lipinski definition) is 3. The molecule has 0 rings (SSSR count). The van der Waals surface area contributed by atoms with Crippen LogP contribution < -0.4 is 0 Å². The van der Waals surface area contributed by atoms with Crippen molar-refractivity contribution in [2.75, 3.05) is 19.9 Å². The molecule has 0 saturated carbocycles. The summed E-state index contributed by atoms with van der Waals surface area (Å²) in [5.41, 5.74) is 0. The molecule has 0 radical (unpaired) electrons. The van der Waals surface area contributed by atoms with Crippen molar-refractivity contribution in [1.82, 2.24) is 0 Å². The normalized spacial score (nSPS) is 15.1. The first-order valence-corrected chi connectivity index (χ1v) is 8.43. The Morgan fingerprint density at radius 2 is 1.43 bits per heavy atom. The first-order chi connectivity index (χ1) is 6.31. The predicted octanol–water partition coefficient (Wildman–Crippen LogP) is 2.91. The van der Waals surface area contributed by atoms with Gasteiger partial charge < -0.3 is 0 Å². The molecule has 0 spiro atoms. The number of rotatable bonds is 8. The summed E-state index contributed by atoms with van der Waals surface area (Å²) in [4.78, 5) is 18.8. The van der Waals surface area contributed by atoms with Crippen LogP contribution >= 0.6 is 7.28 Å². The van der Waals surface area contributed by atoms with E-state index in [9.17, 15) is 9.79 Å². The molecule has 0 bridgehead atoms. The second kappa shape index (κ2) is 6.02. The zero-order chi connectivity index (χ0) is 11.1. The Kier molecular flexibility index (Phi) is 6.15. The summed E-state index contributed by atoms with van der Waals surface area (Å²) in [6.45, 7) is 5.41. The van der Waals surface area contributed by atoms with Gasteiger partial charge in [0.05, 0.1) is 0 Å². The van der Waals surface area contributed by atoms with Crippen molar-refractivity contribution in [3.63, 3.8) is 0 Å². The third-order valence-electron chi connectivity index (χ3n) is 1.96. The van der Waals surface area contributed by atoms with E-state index in [0.29, 0.717) is 6.61 Å². The van der Waals surface area contributed by atoms with Gasteiger partial charge in [-0.05, 0) is 0 Å². The monoisotopic (exact) mass is 224 g/mol. The van der Waals surface area contributed by atoms with E-state index in [0.717, 1.165) is 12.8 Å². The molecule has 0 aromatic heterocycles. The molecule has 3 nitrogen and oxygen atoms in total. The minimum absolute atomic E-state index is 0.462. The molecule has 0 aliphatic carbocycles. The second-order valence-corrected chi connectivity index (χ2v) is 8.45. The molecule has 0 amide bonds. The maximum atomic E-state index is 9.39. The van der Waals surface area contributed by atoms with E-state index in [-0.39, 0.29) is 0 Å². The van der Waals surface area contributed by atoms with Crippen LogP contribution in [0.1, 0.15) is 45.4 Å². The van der Waals surface area contributed by atoms with Crippen molar-refractivity contribution in [3.8, 4) is 0 Å². The molecule has 0 aromatic rings. The molecule has 0 atom stereocenters. The number of unbranched alkanes of at least 4 members (excludes halogenated alkanes) is 5. The quantitative estimate of drug-likeness (QED) is 0.492. The summed E-state index contributed by atoms with van der Waals surface area (Å²) in [5.74, 6) is 0. The zero-order valence-electron chi connectivity index (χ0n) is 9.70. The molecule has 0 fully saturated rings. The van der Waals surface area contributed by atoms with Gasteiger partial charge in [-0.1, -0.05) is 0 Å². The number of hydrogen-bond donors (Lipinski definition) is 2. The maximum absolute atomic E-state index is 9.39. The predicted molar refractivity (Wildman–Crippen MR) is 62.5 cm³/mol. The molecule has 0 aromatic carbocycles. The van der Waals surface area contributed by atoms with E-state index >= 15 is 0 Å². The van der Waals surface area contributed by atoms with Gasteiger partial charge in [-0.3, -0.25) is 0 Å². The van der Waals surface area contributed by atoms with Crippen LogP contribution in [0.5, 0.6) is 0 Å². The summed E-state index contributed by atoms with van der Waals surface area (Å²) in [6, 6.07) is 0. The van der Waals surface area contributed by atoms with E-state index in [1.807, 2.05) is 0 Å². The van der Waals surface area contributed by atoms with Gasteiger partial charge in [0, 0.05) is 0 Å². The molecule has 0 saturated heterocycles. The van der Waals surface area contributed by atoms with Gasteiger partial charge in [-0.25, -0.2) is 0 Å². The van der Waals surface area contributed by atoms with Gasteiger partial charge >= 0.3 is 87.0 Å². The van der Waals surface area contributed by atoms with Crippen LogP contribution in [-0.4, -0.2) is 29.7 Å². The Morgan fingerprint density at radius 1 is 0.929 bits per heavy atom. The molecule has 0 aliphatic heterocycles. The zero-order valence-corrected chi connectivity index (χ0v) is 10.6. The molecular weight excluding hydrogens is 199 g/mol. The summed E-state index contributed by atoms with van der Waals surface area (Å²) in [6.07, 6.45) is 7.08. The molecule has 14 heavy (non-hydrogen) atoms. The fourth-order valence-corrected chi connectivity index (χ4v) is 1.87. The standard InChI is InChI=1S/C10H25O3P/c1-4-5-6-7-8-9-10-13-14(2,3,11)12/h11-12H,4-10H2,1-3H3. The Labute approximate surface area is 87.7 Å². The van der Waals surface area contributed by atoms with E-state index in [4.69, 9.17) is 4.52 Å². The molecular formula is C10H25O3P. The fourth-order valence-electron chi connectivity index (χ4n) is 1.21. The van der Waals surface area contributed by atoms with Crippen LogP contribution in [0.2, 0.25) is 0 Å². The van der Waals surface area contributed by atoms with Gasteiger partial charge in [0.15, 0.2) is 0 Å². The topological polar surface area (TPSA) is 49.7 Å².